The fourth-order valence-electron chi connectivity index (χ4n) is 1.57. The van der Waals surface area contributed by atoms with E-state index in [1.165, 1.54) is 6.07 Å². The number of hydrogen-bond acceptors (Lipinski definition) is 1. The lowest BCUT2D eigenvalue weighted by Crippen LogP contribution is -2.02. The molecule has 1 atom stereocenters. The molecule has 1 aromatic carbocycles. The molecule has 2 nitrogen and oxygen atoms in total. The summed E-state index contributed by atoms with van der Waals surface area (Å²) >= 11 is 0. The maximum absolute atomic E-state index is 13.1. The van der Waals surface area contributed by atoms with E-state index in [2.05, 4.69) is 4.98 Å². The van der Waals surface area contributed by atoms with Gasteiger partial charge in [0.25, 0.3) is 0 Å². The van der Waals surface area contributed by atoms with Crippen LogP contribution in [0.2, 0.25) is 0 Å². The van der Waals surface area contributed by atoms with Crippen molar-refractivity contribution < 1.29 is 8.78 Å². The van der Waals surface area contributed by atoms with Crippen LogP contribution >= 0.6 is 0 Å². The van der Waals surface area contributed by atoms with E-state index in [-0.39, 0.29) is 6.04 Å². The molecule has 0 N–H and O–H groups in total. The van der Waals surface area contributed by atoms with Gasteiger partial charge in [0.15, 0.2) is 11.6 Å². The van der Waals surface area contributed by atoms with Gasteiger partial charge in [-0.1, -0.05) is 6.92 Å². The number of nitrogens with zero attached hydrogens (tertiary/aromatic N) is 2. The van der Waals surface area contributed by atoms with E-state index >= 15 is 0 Å². The van der Waals surface area contributed by atoms with E-state index in [1.54, 1.807) is 6.33 Å². The van der Waals surface area contributed by atoms with Gasteiger partial charge in [0, 0.05) is 18.2 Å². The van der Waals surface area contributed by atoms with Crippen molar-refractivity contribution in [2.24, 2.45) is 0 Å². The van der Waals surface area contributed by atoms with Crippen molar-refractivity contribution >= 4 is 11.0 Å². The van der Waals surface area contributed by atoms with Gasteiger partial charge < -0.3 is 4.57 Å². The SMILES string of the molecule is CCC(C)n1cnc2cc(F)c(F)cc21. The van der Waals surface area contributed by atoms with Gasteiger partial charge in [-0.05, 0) is 13.3 Å². The maximum atomic E-state index is 13.1. The predicted molar refractivity (Wildman–Crippen MR) is 54.7 cm³/mol. The van der Waals surface area contributed by atoms with E-state index < -0.39 is 11.6 Å². The van der Waals surface area contributed by atoms with Gasteiger partial charge in [0.1, 0.15) is 0 Å². The summed E-state index contributed by atoms with van der Waals surface area (Å²) in [5.74, 6) is -1.68. The van der Waals surface area contributed by atoms with Crippen molar-refractivity contribution in [1.29, 1.82) is 0 Å². The molecule has 0 fully saturated rings. The molecule has 0 radical (unpaired) electrons. The van der Waals surface area contributed by atoms with E-state index in [4.69, 9.17) is 0 Å². The Hall–Kier alpha value is -1.45. The zero-order valence-electron chi connectivity index (χ0n) is 8.67. The third-order valence-electron chi connectivity index (χ3n) is 2.68. The molecule has 0 aliphatic carbocycles. The second-order valence-corrected chi connectivity index (χ2v) is 3.66. The maximum Gasteiger partial charge on any atom is 0.161 e. The normalized spacial score (nSPS) is 13.3. The molecular formula is C11H12F2N2. The Morgan fingerprint density at radius 2 is 2.00 bits per heavy atom. The molecule has 2 aromatic rings. The smallest absolute Gasteiger partial charge is 0.161 e. The highest BCUT2D eigenvalue weighted by Gasteiger charge is 2.11. The molecular weight excluding hydrogens is 198 g/mol. The van der Waals surface area contributed by atoms with Gasteiger partial charge in [-0.15, -0.1) is 0 Å². The highest BCUT2D eigenvalue weighted by molar-refractivity contribution is 5.75. The van der Waals surface area contributed by atoms with Crippen molar-refractivity contribution in [2.75, 3.05) is 0 Å². The molecule has 4 heteroatoms. The number of imidazole rings is 1. The number of fused-ring (bicyclic) bond motifs is 1. The van der Waals surface area contributed by atoms with Gasteiger partial charge in [-0.2, -0.15) is 0 Å². The van der Waals surface area contributed by atoms with Crippen LogP contribution < -0.4 is 0 Å². The van der Waals surface area contributed by atoms with Gasteiger partial charge in [0.2, 0.25) is 0 Å². The highest BCUT2D eigenvalue weighted by atomic mass is 19.2. The summed E-state index contributed by atoms with van der Waals surface area (Å²) in [6.45, 7) is 4.05. The van der Waals surface area contributed by atoms with Crippen LogP contribution in [0.3, 0.4) is 0 Å². The molecule has 1 unspecified atom stereocenters. The van der Waals surface area contributed by atoms with Gasteiger partial charge in [0.05, 0.1) is 17.4 Å². The lowest BCUT2D eigenvalue weighted by Gasteiger charge is -2.11. The van der Waals surface area contributed by atoms with Crippen molar-refractivity contribution in [1.82, 2.24) is 9.55 Å². The van der Waals surface area contributed by atoms with Crippen molar-refractivity contribution in [2.45, 2.75) is 26.3 Å². The molecule has 2 rings (SSSR count). The molecule has 0 bridgehead atoms. The molecule has 1 heterocycles. The quantitative estimate of drug-likeness (QED) is 0.743. The second kappa shape index (κ2) is 3.61. The van der Waals surface area contributed by atoms with E-state index in [0.717, 1.165) is 12.5 Å². The number of benzene rings is 1. The summed E-state index contributed by atoms with van der Waals surface area (Å²) < 4.78 is 27.8. The summed E-state index contributed by atoms with van der Waals surface area (Å²) in [6.07, 6.45) is 2.54. The summed E-state index contributed by atoms with van der Waals surface area (Å²) in [6, 6.07) is 2.56. The summed E-state index contributed by atoms with van der Waals surface area (Å²) in [5.41, 5.74) is 1.14. The minimum absolute atomic E-state index is 0.236. The molecule has 0 aliphatic rings. The monoisotopic (exact) mass is 210 g/mol. The summed E-state index contributed by atoms with van der Waals surface area (Å²) in [5, 5.41) is 0. The van der Waals surface area contributed by atoms with Crippen LogP contribution in [0.1, 0.15) is 26.3 Å². The van der Waals surface area contributed by atoms with Crippen LogP contribution in [0, 0.1) is 11.6 Å². The zero-order valence-corrected chi connectivity index (χ0v) is 8.67. The van der Waals surface area contributed by atoms with Crippen molar-refractivity contribution in [3.05, 3.63) is 30.1 Å². The van der Waals surface area contributed by atoms with Crippen LogP contribution in [-0.2, 0) is 0 Å². The molecule has 0 saturated carbocycles. The third-order valence-corrected chi connectivity index (χ3v) is 2.68. The Morgan fingerprint density at radius 3 is 2.67 bits per heavy atom. The number of halogens is 2. The van der Waals surface area contributed by atoms with Crippen LogP contribution in [0.15, 0.2) is 18.5 Å². The highest BCUT2D eigenvalue weighted by Crippen LogP contribution is 2.21. The van der Waals surface area contributed by atoms with Crippen LogP contribution in [0.25, 0.3) is 11.0 Å². The minimum atomic E-state index is -0.850. The fourth-order valence-corrected chi connectivity index (χ4v) is 1.57. The summed E-state index contributed by atoms with van der Waals surface area (Å²) in [4.78, 5) is 4.05. The standard InChI is InChI=1S/C11H12F2N2/c1-3-7(2)15-6-14-10-4-8(12)9(13)5-11(10)15/h4-7H,3H2,1-2H3. The molecule has 1 aromatic heterocycles. The molecule has 15 heavy (non-hydrogen) atoms. The van der Waals surface area contributed by atoms with E-state index in [1.807, 2.05) is 18.4 Å². The first-order chi connectivity index (χ1) is 7.13. The zero-order chi connectivity index (χ0) is 11.0. The van der Waals surface area contributed by atoms with Gasteiger partial charge in [-0.25, -0.2) is 13.8 Å². The van der Waals surface area contributed by atoms with E-state index in [9.17, 15) is 8.78 Å². The second-order valence-electron chi connectivity index (χ2n) is 3.66. The Labute approximate surface area is 86.5 Å². The number of aromatic nitrogens is 2. The Morgan fingerprint density at radius 1 is 1.33 bits per heavy atom. The minimum Gasteiger partial charge on any atom is -0.328 e. The molecule has 80 valence electrons. The molecule has 0 saturated heterocycles. The topological polar surface area (TPSA) is 17.8 Å². The fraction of sp³-hybridized carbons (Fsp3) is 0.364. The van der Waals surface area contributed by atoms with Crippen LogP contribution in [0.4, 0.5) is 8.78 Å². The molecule has 0 spiro atoms. The average molecular weight is 210 g/mol. The predicted octanol–water partition coefficient (Wildman–Crippen LogP) is 3.29. The molecule has 0 amide bonds. The summed E-state index contributed by atoms with van der Waals surface area (Å²) in [7, 11) is 0. The Bertz CT molecular complexity index is 491. The molecule has 0 aliphatic heterocycles. The first-order valence-electron chi connectivity index (χ1n) is 4.95. The van der Waals surface area contributed by atoms with Crippen LogP contribution in [-0.4, -0.2) is 9.55 Å². The lowest BCUT2D eigenvalue weighted by atomic mass is 10.2. The first kappa shape index (κ1) is 10.1. The Kier molecular flexibility index (Phi) is 2.42. The van der Waals surface area contributed by atoms with Gasteiger partial charge in [-0.3, -0.25) is 0 Å². The Balaban J connectivity index is 2.64. The van der Waals surface area contributed by atoms with E-state index in [0.29, 0.717) is 11.0 Å². The largest absolute Gasteiger partial charge is 0.328 e. The van der Waals surface area contributed by atoms with Crippen molar-refractivity contribution in [3.63, 3.8) is 0 Å². The first-order valence-corrected chi connectivity index (χ1v) is 4.95. The van der Waals surface area contributed by atoms with Gasteiger partial charge >= 0.3 is 0 Å². The van der Waals surface area contributed by atoms with Crippen LogP contribution in [0.5, 0.6) is 0 Å². The third kappa shape index (κ3) is 1.60. The number of hydrogen-bond donors (Lipinski definition) is 0. The number of rotatable bonds is 2. The lowest BCUT2D eigenvalue weighted by molar-refractivity contribution is 0.508. The average Bonchev–Trinajstić information content (AvgIpc) is 2.61. The van der Waals surface area contributed by atoms with Crippen molar-refractivity contribution in [3.8, 4) is 0 Å².